The molecule has 3 aromatic rings. The molecule has 0 N–H and O–H groups in total. The van der Waals surface area contributed by atoms with E-state index in [0.29, 0.717) is 0 Å². The predicted octanol–water partition coefficient (Wildman–Crippen LogP) is 5.31. The molecule has 0 bridgehead atoms. The molecule has 0 radical (unpaired) electrons. The van der Waals surface area contributed by atoms with Crippen molar-refractivity contribution in [2.24, 2.45) is 0 Å². The van der Waals surface area contributed by atoms with E-state index in [2.05, 4.69) is 62.4 Å². The summed E-state index contributed by atoms with van der Waals surface area (Å²) in [5, 5.41) is 0. The van der Waals surface area contributed by atoms with Crippen molar-refractivity contribution in [1.82, 2.24) is 9.97 Å². The Hall–Kier alpha value is -2.48. The second kappa shape index (κ2) is 6.20. The first-order valence-electron chi connectivity index (χ1n) is 8.74. The molecule has 120 valence electrons. The van der Waals surface area contributed by atoms with E-state index in [1.54, 1.807) is 0 Å². The van der Waals surface area contributed by atoms with Crippen LogP contribution in [0.4, 0.5) is 0 Å². The third-order valence-corrected chi connectivity index (χ3v) is 4.82. The first-order chi connectivity index (χ1) is 11.7. The van der Waals surface area contributed by atoms with Crippen LogP contribution in [-0.4, -0.2) is 9.97 Å². The maximum Gasteiger partial charge on any atom is 0.160 e. The Kier molecular flexibility index (Phi) is 3.89. The zero-order valence-electron chi connectivity index (χ0n) is 14.3. The van der Waals surface area contributed by atoms with Crippen molar-refractivity contribution in [2.75, 3.05) is 0 Å². The Morgan fingerprint density at radius 1 is 0.667 bits per heavy atom. The Morgan fingerprint density at radius 3 is 1.92 bits per heavy atom. The van der Waals surface area contributed by atoms with Gasteiger partial charge < -0.3 is 0 Å². The van der Waals surface area contributed by atoms with Gasteiger partial charge >= 0.3 is 0 Å². The highest BCUT2D eigenvalue weighted by molar-refractivity contribution is 5.68. The standard InChI is InChI=1S/C22H22N2/c1-15-7-11-17(12-8-15)21-19-5-3-4-6-20(19)23-22(24-21)18-13-9-16(2)10-14-18/h7-14H,3-6H2,1-2H3. The number of rotatable bonds is 2. The molecule has 1 aliphatic carbocycles. The van der Waals surface area contributed by atoms with Gasteiger partial charge in [0.15, 0.2) is 5.82 Å². The summed E-state index contributed by atoms with van der Waals surface area (Å²) >= 11 is 0. The van der Waals surface area contributed by atoms with Crippen molar-refractivity contribution in [3.05, 3.63) is 70.9 Å². The second-order valence-electron chi connectivity index (χ2n) is 6.76. The van der Waals surface area contributed by atoms with Crippen LogP contribution in [0.25, 0.3) is 22.6 Å². The van der Waals surface area contributed by atoms with E-state index in [4.69, 9.17) is 9.97 Å². The molecular weight excluding hydrogens is 292 g/mol. The summed E-state index contributed by atoms with van der Waals surface area (Å²) in [6.07, 6.45) is 4.62. The lowest BCUT2D eigenvalue weighted by atomic mass is 9.91. The summed E-state index contributed by atoms with van der Waals surface area (Å²) in [7, 11) is 0. The van der Waals surface area contributed by atoms with Gasteiger partial charge in [-0.05, 0) is 39.5 Å². The van der Waals surface area contributed by atoms with E-state index in [-0.39, 0.29) is 0 Å². The highest BCUT2D eigenvalue weighted by atomic mass is 14.9. The molecular formula is C22H22N2. The zero-order chi connectivity index (χ0) is 16.5. The molecule has 2 nitrogen and oxygen atoms in total. The molecule has 4 rings (SSSR count). The van der Waals surface area contributed by atoms with Gasteiger partial charge in [-0.2, -0.15) is 0 Å². The average molecular weight is 314 g/mol. The number of aromatic nitrogens is 2. The molecule has 1 heterocycles. The molecule has 2 aromatic carbocycles. The van der Waals surface area contributed by atoms with E-state index in [1.807, 2.05) is 0 Å². The van der Waals surface area contributed by atoms with Crippen molar-refractivity contribution < 1.29 is 0 Å². The van der Waals surface area contributed by atoms with Crippen LogP contribution in [0.1, 0.15) is 35.2 Å². The van der Waals surface area contributed by atoms with Gasteiger partial charge in [0, 0.05) is 22.4 Å². The highest BCUT2D eigenvalue weighted by Gasteiger charge is 2.19. The zero-order valence-corrected chi connectivity index (χ0v) is 14.3. The maximum atomic E-state index is 4.97. The molecule has 0 unspecified atom stereocenters. The largest absolute Gasteiger partial charge is 0.233 e. The molecule has 0 amide bonds. The van der Waals surface area contributed by atoms with Crippen molar-refractivity contribution in [2.45, 2.75) is 39.5 Å². The first-order valence-corrected chi connectivity index (χ1v) is 8.74. The topological polar surface area (TPSA) is 25.8 Å². The Labute approximate surface area is 143 Å². The Bertz CT molecular complexity index is 862. The van der Waals surface area contributed by atoms with Gasteiger partial charge in [0.2, 0.25) is 0 Å². The van der Waals surface area contributed by atoms with Crippen LogP contribution in [0.3, 0.4) is 0 Å². The van der Waals surface area contributed by atoms with Gasteiger partial charge in [-0.15, -0.1) is 0 Å². The summed E-state index contributed by atoms with van der Waals surface area (Å²) in [5.41, 5.74) is 8.55. The minimum Gasteiger partial charge on any atom is -0.233 e. The van der Waals surface area contributed by atoms with E-state index in [9.17, 15) is 0 Å². The summed E-state index contributed by atoms with van der Waals surface area (Å²) in [5.74, 6) is 0.853. The number of hydrogen-bond acceptors (Lipinski definition) is 2. The van der Waals surface area contributed by atoms with Crippen LogP contribution in [-0.2, 0) is 12.8 Å². The van der Waals surface area contributed by atoms with E-state index < -0.39 is 0 Å². The van der Waals surface area contributed by atoms with E-state index in [1.165, 1.54) is 40.8 Å². The number of aryl methyl sites for hydroxylation is 3. The van der Waals surface area contributed by atoms with Crippen molar-refractivity contribution in [3.8, 4) is 22.6 Å². The Morgan fingerprint density at radius 2 is 1.25 bits per heavy atom. The van der Waals surface area contributed by atoms with Crippen LogP contribution < -0.4 is 0 Å². The molecule has 1 aliphatic rings. The lowest BCUT2D eigenvalue weighted by molar-refractivity contribution is 0.665. The monoisotopic (exact) mass is 314 g/mol. The number of hydrogen-bond donors (Lipinski definition) is 0. The summed E-state index contributed by atoms with van der Waals surface area (Å²) in [4.78, 5) is 9.88. The average Bonchev–Trinajstić information content (AvgIpc) is 2.62. The van der Waals surface area contributed by atoms with Gasteiger partial charge in [-0.1, -0.05) is 59.7 Å². The van der Waals surface area contributed by atoms with Crippen molar-refractivity contribution >= 4 is 0 Å². The summed E-state index contributed by atoms with van der Waals surface area (Å²) < 4.78 is 0. The van der Waals surface area contributed by atoms with Gasteiger partial charge in [-0.25, -0.2) is 9.97 Å². The molecule has 24 heavy (non-hydrogen) atoms. The normalized spacial score (nSPS) is 13.6. The summed E-state index contributed by atoms with van der Waals surface area (Å²) in [6.45, 7) is 4.23. The molecule has 0 atom stereocenters. The SMILES string of the molecule is Cc1ccc(-c2nc3c(c(-c4ccc(C)cc4)n2)CCCC3)cc1. The molecule has 0 spiro atoms. The number of benzene rings is 2. The van der Waals surface area contributed by atoms with E-state index in [0.717, 1.165) is 29.9 Å². The van der Waals surface area contributed by atoms with Crippen LogP contribution >= 0.6 is 0 Å². The second-order valence-corrected chi connectivity index (χ2v) is 6.76. The van der Waals surface area contributed by atoms with Gasteiger partial charge in [0.1, 0.15) is 0 Å². The fourth-order valence-electron chi connectivity index (χ4n) is 3.38. The fourth-order valence-corrected chi connectivity index (χ4v) is 3.38. The van der Waals surface area contributed by atoms with Crippen molar-refractivity contribution in [3.63, 3.8) is 0 Å². The highest BCUT2D eigenvalue weighted by Crippen LogP contribution is 2.31. The lowest BCUT2D eigenvalue weighted by Gasteiger charge is -2.19. The predicted molar refractivity (Wildman–Crippen MR) is 99.0 cm³/mol. The maximum absolute atomic E-state index is 4.97. The molecule has 0 aliphatic heterocycles. The minimum atomic E-state index is 0.853. The number of fused-ring (bicyclic) bond motifs is 1. The first kappa shape index (κ1) is 15.1. The Balaban J connectivity index is 1.89. The van der Waals surface area contributed by atoms with Gasteiger partial charge in [-0.3, -0.25) is 0 Å². The molecule has 0 saturated carbocycles. The van der Waals surface area contributed by atoms with Gasteiger partial charge in [0.05, 0.1) is 5.69 Å². The van der Waals surface area contributed by atoms with Crippen LogP contribution in [0, 0.1) is 13.8 Å². The molecule has 0 saturated heterocycles. The third kappa shape index (κ3) is 2.84. The van der Waals surface area contributed by atoms with E-state index >= 15 is 0 Å². The lowest BCUT2D eigenvalue weighted by Crippen LogP contribution is -2.10. The molecule has 2 heteroatoms. The van der Waals surface area contributed by atoms with Crippen LogP contribution in [0.2, 0.25) is 0 Å². The number of nitrogens with zero attached hydrogens (tertiary/aromatic N) is 2. The van der Waals surface area contributed by atoms with Gasteiger partial charge in [0.25, 0.3) is 0 Å². The third-order valence-electron chi connectivity index (χ3n) is 4.82. The summed E-state index contributed by atoms with van der Waals surface area (Å²) in [6, 6.07) is 17.2. The quantitative estimate of drug-likeness (QED) is 0.641. The van der Waals surface area contributed by atoms with Crippen LogP contribution in [0.15, 0.2) is 48.5 Å². The molecule has 0 fully saturated rings. The fraction of sp³-hybridized carbons (Fsp3) is 0.273. The van der Waals surface area contributed by atoms with Crippen molar-refractivity contribution in [1.29, 1.82) is 0 Å². The van der Waals surface area contributed by atoms with Crippen LogP contribution in [0.5, 0.6) is 0 Å². The molecule has 1 aromatic heterocycles. The minimum absolute atomic E-state index is 0.853. The smallest absolute Gasteiger partial charge is 0.160 e.